The number of nitrogens with two attached hydrogens (primary N) is 1. The summed E-state index contributed by atoms with van der Waals surface area (Å²) in [6.07, 6.45) is 0. The van der Waals surface area contributed by atoms with E-state index in [1.165, 1.54) is 11.3 Å². The van der Waals surface area contributed by atoms with Crippen molar-refractivity contribution in [2.24, 2.45) is 0 Å². The molecule has 0 saturated carbocycles. The molecule has 0 atom stereocenters. The predicted octanol–water partition coefficient (Wildman–Crippen LogP) is 2.93. The molecule has 0 saturated heterocycles. The molecule has 1 aromatic carbocycles. The van der Waals surface area contributed by atoms with Gasteiger partial charge in [-0.2, -0.15) is 0 Å². The molecule has 3 N–H and O–H groups in total. The first-order valence-corrected chi connectivity index (χ1v) is 8.26. The lowest BCUT2D eigenvalue weighted by Gasteiger charge is -2.08. The highest BCUT2D eigenvalue weighted by molar-refractivity contribution is 8.01. The van der Waals surface area contributed by atoms with Crippen molar-refractivity contribution in [1.82, 2.24) is 20.5 Å². The normalized spacial score (nSPS) is 11.1. The number of para-hydroxylation sites is 1. The molecule has 0 fully saturated rings. The number of aromatic nitrogens is 3. The standard InChI is InChI=1S/C14H15N5S2/c1-2-16-8-9-7-12(20-14-19-18-13(15)21-14)10-5-3-4-6-11(10)17-9/h3-7,16H,2,8H2,1H3,(H2,15,18). The van der Waals surface area contributed by atoms with Crippen LogP contribution < -0.4 is 11.1 Å². The Hall–Kier alpha value is -1.70. The first-order valence-electron chi connectivity index (χ1n) is 6.62. The highest BCUT2D eigenvalue weighted by Gasteiger charge is 2.10. The van der Waals surface area contributed by atoms with Crippen LogP contribution in [-0.4, -0.2) is 21.7 Å². The molecule has 0 amide bonds. The summed E-state index contributed by atoms with van der Waals surface area (Å²) in [7, 11) is 0. The third-order valence-electron chi connectivity index (χ3n) is 2.91. The molecule has 0 spiro atoms. The van der Waals surface area contributed by atoms with Crippen molar-refractivity contribution in [2.45, 2.75) is 22.7 Å². The number of fused-ring (bicyclic) bond motifs is 1. The number of benzene rings is 1. The van der Waals surface area contributed by atoms with Crippen molar-refractivity contribution in [3.63, 3.8) is 0 Å². The zero-order valence-electron chi connectivity index (χ0n) is 11.5. The zero-order valence-corrected chi connectivity index (χ0v) is 13.2. The van der Waals surface area contributed by atoms with Crippen LogP contribution in [0.25, 0.3) is 10.9 Å². The maximum atomic E-state index is 5.65. The number of nitrogens with zero attached hydrogens (tertiary/aromatic N) is 3. The molecule has 7 heteroatoms. The number of rotatable bonds is 5. The number of pyridine rings is 1. The van der Waals surface area contributed by atoms with Gasteiger partial charge in [-0.1, -0.05) is 48.2 Å². The fourth-order valence-electron chi connectivity index (χ4n) is 1.98. The Morgan fingerprint density at radius 1 is 1.29 bits per heavy atom. The fraction of sp³-hybridized carbons (Fsp3) is 0.214. The maximum Gasteiger partial charge on any atom is 0.203 e. The minimum Gasteiger partial charge on any atom is -0.374 e. The smallest absolute Gasteiger partial charge is 0.203 e. The summed E-state index contributed by atoms with van der Waals surface area (Å²) >= 11 is 2.98. The van der Waals surface area contributed by atoms with Gasteiger partial charge in [0.15, 0.2) is 4.34 Å². The van der Waals surface area contributed by atoms with E-state index < -0.39 is 0 Å². The molecule has 0 unspecified atom stereocenters. The Bertz CT molecular complexity index is 756. The van der Waals surface area contributed by atoms with E-state index in [2.05, 4.69) is 39.6 Å². The quantitative estimate of drug-likeness (QED) is 0.753. The van der Waals surface area contributed by atoms with E-state index in [9.17, 15) is 0 Å². The summed E-state index contributed by atoms with van der Waals surface area (Å²) in [5.74, 6) is 0. The van der Waals surface area contributed by atoms with E-state index in [0.29, 0.717) is 5.13 Å². The Kier molecular flexibility index (Phi) is 4.33. The van der Waals surface area contributed by atoms with Gasteiger partial charge in [0.25, 0.3) is 0 Å². The molecule has 3 aromatic rings. The largest absolute Gasteiger partial charge is 0.374 e. The average Bonchev–Trinajstić information content (AvgIpc) is 2.90. The monoisotopic (exact) mass is 317 g/mol. The topological polar surface area (TPSA) is 76.7 Å². The fourth-order valence-corrected chi connectivity index (χ4v) is 3.76. The highest BCUT2D eigenvalue weighted by Crippen LogP contribution is 2.35. The molecular formula is C14H15N5S2. The summed E-state index contributed by atoms with van der Waals surface area (Å²) in [5.41, 5.74) is 7.67. The summed E-state index contributed by atoms with van der Waals surface area (Å²) < 4.78 is 0.846. The van der Waals surface area contributed by atoms with Gasteiger partial charge in [0.1, 0.15) is 0 Å². The van der Waals surface area contributed by atoms with E-state index in [1.54, 1.807) is 11.8 Å². The van der Waals surface area contributed by atoms with Gasteiger partial charge in [-0.15, -0.1) is 10.2 Å². The van der Waals surface area contributed by atoms with Crippen LogP contribution in [0.15, 0.2) is 39.6 Å². The molecule has 2 aromatic heterocycles. The SMILES string of the molecule is CCNCc1cc(Sc2nnc(N)s2)c2ccccc2n1. The first kappa shape index (κ1) is 14.2. The van der Waals surface area contributed by atoms with Gasteiger partial charge in [-0.25, -0.2) is 0 Å². The highest BCUT2D eigenvalue weighted by atomic mass is 32.2. The predicted molar refractivity (Wildman–Crippen MR) is 87.6 cm³/mol. The van der Waals surface area contributed by atoms with Gasteiger partial charge in [0, 0.05) is 16.8 Å². The summed E-state index contributed by atoms with van der Waals surface area (Å²) in [5, 5.41) is 12.9. The van der Waals surface area contributed by atoms with Crippen molar-refractivity contribution < 1.29 is 0 Å². The van der Waals surface area contributed by atoms with E-state index in [-0.39, 0.29) is 0 Å². The van der Waals surface area contributed by atoms with E-state index in [0.717, 1.165) is 38.9 Å². The maximum absolute atomic E-state index is 5.65. The van der Waals surface area contributed by atoms with Crippen LogP contribution in [0.2, 0.25) is 0 Å². The van der Waals surface area contributed by atoms with Gasteiger partial charge in [-0.05, 0) is 18.7 Å². The molecule has 0 aliphatic carbocycles. The van der Waals surface area contributed by atoms with Crippen LogP contribution in [0, 0.1) is 0 Å². The van der Waals surface area contributed by atoms with Gasteiger partial charge < -0.3 is 11.1 Å². The molecule has 0 radical (unpaired) electrons. The van der Waals surface area contributed by atoms with Crippen LogP contribution in [0.5, 0.6) is 0 Å². The second-order valence-electron chi connectivity index (χ2n) is 4.42. The average molecular weight is 317 g/mol. The number of hydrogen-bond donors (Lipinski definition) is 2. The first-order chi connectivity index (χ1) is 10.3. The Morgan fingerprint density at radius 3 is 2.90 bits per heavy atom. The number of anilines is 1. The number of nitrogen functional groups attached to an aromatic ring is 1. The number of nitrogens with one attached hydrogen (secondary N) is 1. The molecular weight excluding hydrogens is 302 g/mol. The lowest BCUT2D eigenvalue weighted by atomic mass is 10.2. The minimum atomic E-state index is 0.490. The Morgan fingerprint density at radius 2 is 2.14 bits per heavy atom. The van der Waals surface area contributed by atoms with Crippen molar-refractivity contribution >= 4 is 39.1 Å². The van der Waals surface area contributed by atoms with E-state index >= 15 is 0 Å². The summed E-state index contributed by atoms with van der Waals surface area (Å²) in [4.78, 5) is 5.82. The van der Waals surface area contributed by atoms with Crippen LogP contribution in [0.4, 0.5) is 5.13 Å². The van der Waals surface area contributed by atoms with E-state index in [1.807, 2.05) is 18.2 Å². The molecule has 0 bridgehead atoms. The van der Waals surface area contributed by atoms with Crippen molar-refractivity contribution in [2.75, 3.05) is 12.3 Å². The van der Waals surface area contributed by atoms with Crippen molar-refractivity contribution in [3.8, 4) is 0 Å². The lowest BCUT2D eigenvalue weighted by Crippen LogP contribution is -2.13. The Balaban J connectivity index is 2.01. The molecule has 21 heavy (non-hydrogen) atoms. The molecule has 0 aliphatic heterocycles. The summed E-state index contributed by atoms with van der Waals surface area (Å²) in [6.45, 7) is 3.76. The molecule has 108 valence electrons. The second-order valence-corrected chi connectivity index (χ2v) is 6.72. The zero-order chi connectivity index (χ0) is 14.7. The molecule has 2 heterocycles. The molecule has 0 aliphatic rings. The van der Waals surface area contributed by atoms with Gasteiger partial charge in [-0.3, -0.25) is 4.98 Å². The van der Waals surface area contributed by atoms with Gasteiger partial charge in [0.05, 0.1) is 11.2 Å². The van der Waals surface area contributed by atoms with Crippen LogP contribution in [0.3, 0.4) is 0 Å². The van der Waals surface area contributed by atoms with Crippen molar-refractivity contribution in [1.29, 1.82) is 0 Å². The minimum absolute atomic E-state index is 0.490. The molecule has 3 rings (SSSR count). The van der Waals surface area contributed by atoms with Gasteiger partial charge in [0.2, 0.25) is 5.13 Å². The van der Waals surface area contributed by atoms with Gasteiger partial charge >= 0.3 is 0 Å². The number of hydrogen-bond acceptors (Lipinski definition) is 7. The molecule has 5 nitrogen and oxygen atoms in total. The lowest BCUT2D eigenvalue weighted by molar-refractivity contribution is 0.711. The van der Waals surface area contributed by atoms with E-state index in [4.69, 9.17) is 5.73 Å². The Labute approximate surface area is 131 Å². The van der Waals surface area contributed by atoms with Crippen LogP contribution >= 0.6 is 23.1 Å². The van der Waals surface area contributed by atoms with Crippen LogP contribution in [0.1, 0.15) is 12.6 Å². The summed E-state index contributed by atoms with van der Waals surface area (Å²) in [6, 6.07) is 10.2. The second kappa shape index (κ2) is 6.38. The third kappa shape index (κ3) is 3.31. The third-order valence-corrected chi connectivity index (χ3v) is 4.77. The van der Waals surface area contributed by atoms with Crippen molar-refractivity contribution in [3.05, 3.63) is 36.0 Å². The van der Waals surface area contributed by atoms with Crippen LogP contribution in [-0.2, 0) is 6.54 Å².